The van der Waals surface area contributed by atoms with Crippen molar-refractivity contribution in [2.45, 2.75) is 6.92 Å². The maximum Gasteiger partial charge on any atom is 0.261 e. The number of nitrogens with zero attached hydrogens (tertiary/aromatic N) is 3. The number of amides is 2. The van der Waals surface area contributed by atoms with Crippen LogP contribution >= 0.6 is 0 Å². The summed E-state index contributed by atoms with van der Waals surface area (Å²) >= 11 is 0. The highest BCUT2D eigenvalue weighted by atomic mass is 16.5. The van der Waals surface area contributed by atoms with Crippen molar-refractivity contribution in [3.05, 3.63) is 167 Å². The predicted octanol–water partition coefficient (Wildman–Crippen LogP) is 10.4. The number of carbonyl (C=O) groups excluding carboxylic acids is 3. The third-order valence-corrected chi connectivity index (χ3v) is 10.8. The quantitative estimate of drug-likeness (QED) is 0.0638. The van der Waals surface area contributed by atoms with Gasteiger partial charge in [-0.1, -0.05) is 66.7 Å². The normalized spacial score (nSPS) is 15.4. The van der Waals surface area contributed by atoms with Crippen LogP contribution in [-0.4, -0.2) is 40.6 Å². The van der Waals surface area contributed by atoms with Crippen molar-refractivity contribution in [3.63, 3.8) is 0 Å². The monoisotopic (exact) mass is 787 g/mol. The number of phenols is 1. The van der Waals surface area contributed by atoms with Gasteiger partial charge in [0.1, 0.15) is 22.8 Å². The number of ketones is 1. The molecule has 0 aliphatic carbocycles. The van der Waals surface area contributed by atoms with E-state index in [1.54, 1.807) is 73.8 Å². The zero-order valence-electron chi connectivity index (χ0n) is 32.1. The van der Waals surface area contributed by atoms with Gasteiger partial charge in [0.15, 0.2) is 5.75 Å². The van der Waals surface area contributed by atoms with Crippen LogP contribution in [0, 0.1) is 6.92 Å². The highest BCUT2D eigenvalue weighted by Gasteiger charge is 2.35. The van der Waals surface area contributed by atoms with E-state index in [0.29, 0.717) is 61.9 Å². The predicted molar refractivity (Wildman–Crippen MR) is 233 cm³/mol. The van der Waals surface area contributed by atoms with Gasteiger partial charge in [0, 0.05) is 44.1 Å². The second kappa shape index (κ2) is 14.2. The van der Waals surface area contributed by atoms with Crippen LogP contribution in [-0.2, 0) is 4.79 Å². The molecule has 0 fully saturated rings. The molecule has 0 radical (unpaired) electrons. The van der Waals surface area contributed by atoms with Crippen molar-refractivity contribution in [1.29, 1.82) is 0 Å². The summed E-state index contributed by atoms with van der Waals surface area (Å²) in [6.45, 7) is 1.86. The molecule has 290 valence electrons. The number of hydrogen-bond donors (Lipinski definition) is 5. The van der Waals surface area contributed by atoms with Gasteiger partial charge >= 0.3 is 0 Å². The standard InChI is InChI=1S/C48H33N7O5/c1-25-23-29(60-2)20-22-36(25)51-47(58)35-24-26-15-21-32-30-9-5-7-13-37(30)50-41(32)39(26)43(45(35)57)55-54-28-18-16-27(17-19-28)49-46-33-11-4-3-10-31(33)42(53-46)40-44(56)34-12-6-8-14-38(34)52-48(40)59/h3-24,50,57H,1-2H3,(H,49,53)(H,51,58)(H,52,59)/b42-40+,55-54?. The molecule has 60 heavy (non-hydrogen) atoms. The van der Waals surface area contributed by atoms with Gasteiger partial charge in [-0.2, -0.15) is 5.11 Å². The molecule has 0 unspecified atom stereocenters. The number of rotatable bonds is 6. The minimum absolute atomic E-state index is 0.0139. The van der Waals surface area contributed by atoms with Crippen LogP contribution in [0.2, 0.25) is 0 Å². The van der Waals surface area contributed by atoms with E-state index in [2.05, 4.69) is 31.2 Å². The Bertz CT molecular complexity index is 3250. The number of aliphatic imine (C=N–C) groups is 1. The molecule has 5 N–H and O–H groups in total. The number of azo groups is 1. The van der Waals surface area contributed by atoms with Gasteiger partial charge in [-0.15, -0.1) is 5.11 Å². The summed E-state index contributed by atoms with van der Waals surface area (Å²) in [4.78, 5) is 49.0. The Labute approximate surface area is 342 Å². The number of methoxy groups -OCH3 is 1. The van der Waals surface area contributed by atoms with Crippen LogP contribution in [0.1, 0.15) is 37.4 Å². The summed E-state index contributed by atoms with van der Waals surface area (Å²) in [5.74, 6) is -0.570. The lowest BCUT2D eigenvalue weighted by Crippen LogP contribution is -2.30. The van der Waals surface area contributed by atoms with Crippen molar-refractivity contribution >= 4 is 90.1 Å². The maximum absolute atomic E-state index is 13.8. The van der Waals surface area contributed by atoms with Gasteiger partial charge in [0.2, 0.25) is 5.78 Å². The largest absolute Gasteiger partial charge is 0.505 e. The first-order valence-electron chi connectivity index (χ1n) is 19.1. The number of aromatic hydroxyl groups is 1. The molecule has 0 saturated heterocycles. The smallest absolute Gasteiger partial charge is 0.261 e. The average molecular weight is 788 g/mol. The Hall–Kier alpha value is -8.38. The first kappa shape index (κ1) is 36.0. The zero-order chi connectivity index (χ0) is 41.1. The van der Waals surface area contributed by atoms with E-state index in [0.717, 1.165) is 32.9 Å². The third kappa shape index (κ3) is 6.02. The van der Waals surface area contributed by atoms with Gasteiger partial charge in [0.25, 0.3) is 11.8 Å². The number of hydrogen-bond acceptors (Lipinski definition) is 8. The first-order valence-corrected chi connectivity index (χ1v) is 19.1. The third-order valence-electron chi connectivity index (χ3n) is 10.8. The number of amidine groups is 1. The second-order valence-electron chi connectivity index (χ2n) is 14.4. The molecule has 8 aromatic rings. The maximum atomic E-state index is 13.8. The van der Waals surface area contributed by atoms with Crippen LogP contribution in [0.15, 0.2) is 154 Å². The van der Waals surface area contributed by atoms with Gasteiger partial charge in [-0.05, 0) is 84.6 Å². The van der Waals surface area contributed by atoms with Crippen LogP contribution in [0.25, 0.3) is 38.3 Å². The molecular weight excluding hydrogens is 755 g/mol. The molecule has 0 atom stereocenters. The van der Waals surface area contributed by atoms with E-state index in [1.165, 1.54) is 0 Å². The summed E-state index contributed by atoms with van der Waals surface area (Å²) in [5, 5.41) is 33.2. The minimum Gasteiger partial charge on any atom is -0.505 e. The summed E-state index contributed by atoms with van der Waals surface area (Å²) in [5.41, 5.74) is 6.93. The number of carbonyl (C=O) groups is 3. The number of H-pyrrole nitrogens is 1. The number of anilines is 2. The van der Waals surface area contributed by atoms with Gasteiger partial charge in [-0.3, -0.25) is 14.4 Å². The number of para-hydroxylation sites is 2. The lowest BCUT2D eigenvalue weighted by atomic mass is 9.93. The molecule has 1 aromatic heterocycles. The van der Waals surface area contributed by atoms with E-state index in [-0.39, 0.29) is 28.4 Å². The Morgan fingerprint density at radius 2 is 1.47 bits per heavy atom. The molecule has 2 amide bonds. The van der Waals surface area contributed by atoms with Gasteiger partial charge in [0.05, 0.1) is 40.9 Å². The molecule has 2 aliphatic rings. The number of fused-ring (bicyclic) bond motifs is 7. The SMILES string of the molecule is COc1ccc(NC(=O)c2cc3ccc4c5ccccc5[nH]c4c3c(N=Nc3ccc(N=C4N/C(=C5/C(=O)Nc6ccccc6C5=O)c5ccccc54)cc3)c2O)c(C)c1. The molecule has 12 heteroatoms. The lowest BCUT2D eigenvalue weighted by molar-refractivity contribution is -0.112. The van der Waals surface area contributed by atoms with E-state index < -0.39 is 11.8 Å². The average Bonchev–Trinajstić information content (AvgIpc) is 3.82. The highest BCUT2D eigenvalue weighted by Crippen LogP contribution is 2.44. The number of phenolic OH excluding ortho intramolecular Hbond substituents is 1. The van der Waals surface area contributed by atoms with Gasteiger partial charge < -0.3 is 30.8 Å². The topological polar surface area (TPSA) is 170 Å². The minimum atomic E-state index is -0.515. The van der Waals surface area contributed by atoms with E-state index in [9.17, 15) is 19.5 Å². The van der Waals surface area contributed by atoms with Crippen LogP contribution in [0.4, 0.5) is 28.4 Å². The fraction of sp³-hybridized carbons (Fsp3) is 0.0417. The Morgan fingerprint density at radius 1 is 0.733 bits per heavy atom. The van der Waals surface area contributed by atoms with Crippen LogP contribution < -0.4 is 20.7 Å². The summed E-state index contributed by atoms with van der Waals surface area (Å²) in [6.07, 6.45) is 0. The molecular formula is C48H33N7O5. The number of Topliss-reactive ketones (excluding diaryl/α,β-unsaturated/α-hetero) is 1. The fourth-order valence-corrected chi connectivity index (χ4v) is 7.86. The van der Waals surface area contributed by atoms with Crippen molar-refractivity contribution in [1.82, 2.24) is 10.3 Å². The number of aryl methyl sites for hydroxylation is 1. The van der Waals surface area contributed by atoms with Crippen molar-refractivity contribution in [2.24, 2.45) is 15.2 Å². The van der Waals surface area contributed by atoms with Crippen LogP contribution in [0.5, 0.6) is 11.5 Å². The highest BCUT2D eigenvalue weighted by molar-refractivity contribution is 6.38. The Morgan fingerprint density at radius 3 is 2.27 bits per heavy atom. The fourth-order valence-electron chi connectivity index (χ4n) is 7.86. The number of ether oxygens (including phenoxy) is 1. The second-order valence-corrected chi connectivity index (χ2v) is 14.4. The van der Waals surface area contributed by atoms with Crippen molar-refractivity contribution in [3.8, 4) is 11.5 Å². The lowest BCUT2D eigenvalue weighted by Gasteiger charge is -2.19. The number of aromatic amines is 1. The van der Waals surface area contributed by atoms with E-state index in [4.69, 9.17) is 9.73 Å². The molecule has 12 nitrogen and oxygen atoms in total. The van der Waals surface area contributed by atoms with E-state index >= 15 is 0 Å². The number of benzene rings is 7. The first-order chi connectivity index (χ1) is 29.2. The van der Waals surface area contributed by atoms with Gasteiger partial charge in [-0.25, -0.2) is 4.99 Å². The number of nitrogens with one attached hydrogen (secondary N) is 4. The molecule has 3 heterocycles. The molecule has 0 saturated carbocycles. The Kier molecular flexibility index (Phi) is 8.53. The molecule has 10 rings (SSSR count). The van der Waals surface area contributed by atoms with E-state index in [1.807, 2.05) is 73.7 Å². The van der Waals surface area contributed by atoms with Crippen LogP contribution in [0.3, 0.4) is 0 Å². The summed E-state index contributed by atoms with van der Waals surface area (Å²) in [7, 11) is 1.58. The molecule has 0 spiro atoms. The summed E-state index contributed by atoms with van der Waals surface area (Å²) in [6, 6.07) is 40.1. The van der Waals surface area contributed by atoms with Crippen molar-refractivity contribution in [2.75, 3.05) is 17.7 Å². The Balaban J connectivity index is 1.01. The summed E-state index contributed by atoms with van der Waals surface area (Å²) < 4.78 is 5.32. The zero-order valence-corrected chi connectivity index (χ0v) is 32.1. The molecule has 0 bridgehead atoms. The molecule has 7 aromatic carbocycles. The number of aromatic nitrogens is 1. The molecule has 2 aliphatic heterocycles. The van der Waals surface area contributed by atoms with Crippen molar-refractivity contribution < 1.29 is 24.2 Å².